The Morgan fingerprint density at radius 1 is 0.821 bits per heavy atom. The Kier molecular flexibility index (Phi) is 5.35. The molecule has 0 saturated carbocycles. The van der Waals surface area contributed by atoms with Crippen LogP contribution in [0.5, 0.6) is 5.75 Å². The molecule has 0 saturated heterocycles. The smallest absolute Gasteiger partial charge is 0.303 e. The number of phenolic OH excluding ortho intramolecular Hbond substituents is 1. The molecule has 0 amide bonds. The third-order valence-electron chi connectivity index (χ3n) is 3.97. The summed E-state index contributed by atoms with van der Waals surface area (Å²) in [6.07, 6.45) is 0. The Balaban J connectivity index is 2.04. The molecule has 0 aliphatic carbocycles. The number of aromatic hydroxyl groups is 1. The summed E-state index contributed by atoms with van der Waals surface area (Å²) in [4.78, 5) is 20.7. The van der Waals surface area contributed by atoms with E-state index in [1.807, 2.05) is 30.3 Å². The average Bonchev–Trinajstić information content (AvgIpc) is 2.70. The molecule has 0 fully saturated rings. The van der Waals surface area contributed by atoms with Gasteiger partial charge in [-0.25, -0.2) is 0 Å². The Morgan fingerprint density at radius 2 is 1.46 bits per heavy atom. The standard InChI is InChI=1S/C19H14N4O5/c24-16-9-6-14(7-10-16)19(13-4-2-1-3-5-13)21-20-17-11-8-15(22(25)26)12-18(17)23(27)28/h1-12,19,24H. The van der Waals surface area contributed by atoms with Crippen LogP contribution < -0.4 is 0 Å². The van der Waals surface area contributed by atoms with Crippen LogP contribution in [0, 0.1) is 20.2 Å². The summed E-state index contributed by atoms with van der Waals surface area (Å²) in [7, 11) is 0. The highest BCUT2D eigenvalue weighted by Gasteiger charge is 2.20. The second-order valence-electron chi connectivity index (χ2n) is 5.81. The number of rotatable bonds is 6. The molecule has 0 aromatic heterocycles. The van der Waals surface area contributed by atoms with E-state index in [-0.39, 0.29) is 11.4 Å². The number of hydrogen-bond acceptors (Lipinski definition) is 7. The van der Waals surface area contributed by atoms with Crippen molar-refractivity contribution in [2.45, 2.75) is 6.04 Å². The molecule has 0 spiro atoms. The maximum absolute atomic E-state index is 11.3. The third kappa shape index (κ3) is 4.15. The molecule has 0 aliphatic rings. The molecule has 0 radical (unpaired) electrons. The summed E-state index contributed by atoms with van der Waals surface area (Å²) in [6, 6.07) is 18.1. The highest BCUT2D eigenvalue weighted by Crippen LogP contribution is 2.34. The van der Waals surface area contributed by atoms with Gasteiger partial charge in [0.25, 0.3) is 5.69 Å². The highest BCUT2D eigenvalue weighted by molar-refractivity contribution is 5.61. The molecule has 3 aromatic rings. The van der Waals surface area contributed by atoms with E-state index >= 15 is 0 Å². The molecule has 3 rings (SSSR count). The summed E-state index contributed by atoms with van der Waals surface area (Å²) in [5.41, 5.74) is 0.522. The summed E-state index contributed by atoms with van der Waals surface area (Å²) >= 11 is 0. The number of azo groups is 1. The van der Waals surface area contributed by atoms with E-state index in [4.69, 9.17) is 0 Å². The summed E-state index contributed by atoms with van der Waals surface area (Å²) in [5.74, 6) is 0.0958. The SMILES string of the molecule is O=[N+]([O-])c1ccc(N=NC(c2ccccc2)c2ccc(O)cc2)c([N+](=O)[O-])c1. The topological polar surface area (TPSA) is 131 Å². The number of nitro groups is 2. The van der Waals surface area contributed by atoms with Crippen molar-refractivity contribution >= 4 is 17.1 Å². The van der Waals surface area contributed by atoms with Gasteiger partial charge >= 0.3 is 5.69 Å². The first kappa shape index (κ1) is 18.6. The number of hydrogen-bond donors (Lipinski definition) is 1. The van der Waals surface area contributed by atoms with Crippen molar-refractivity contribution in [2.75, 3.05) is 0 Å². The van der Waals surface area contributed by atoms with Crippen molar-refractivity contribution in [1.82, 2.24) is 0 Å². The van der Waals surface area contributed by atoms with Gasteiger partial charge in [-0.3, -0.25) is 20.2 Å². The maximum Gasteiger partial charge on any atom is 0.303 e. The first-order valence-electron chi connectivity index (χ1n) is 8.13. The van der Waals surface area contributed by atoms with Crippen LogP contribution in [0.2, 0.25) is 0 Å². The first-order chi connectivity index (χ1) is 13.5. The predicted molar refractivity (Wildman–Crippen MR) is 101 cm³/mol. The monoisotopic (exact) mass is 378 g/mol. The maximum atomic E-state index is 11.3. The molecule has 1 unspecified atom stereocenters. The third-order valence-corrected chi connectivity index (χ3v) is 3.97. The second-order valence-corrected chi connectivity index (χ2v) is 5.81. The highest BCUT2D eigenvalue weighted by atomic mass is 16.6. The van der Waals surface area contributed by atoms with Crippen LogP contribution in [-0.2, 0) is 0 Å². The van der Waals surface area contributed by atoms with Gasteiger partial charge in [0, 0.05) is 6.07 Å². The fourth-order valence-corrected chi connectivity index (χ4v) is 2.59. The molecule has 3 aromatic carbocycles. The molecule has 28 heavy (non-hydrogen) atoms. The van der Waals surface area contributed by atoms with E-state index in [1.54, 1.807) is 12.1 Å². The van der Waals surface area contributed by atoms with Crippen LogP contribution in [0.15, 0.2) is 83.0 Å². The molecule has 9 nitrogen and oxygen atoms in total. The normalized spacial score (nSPS) is 12.0. The van der Waals surface area contributed by atoms with Crippen LogP contribution in [0.3, 0.4) is 0 Å². The molecule has 0 bridgehead atoms. The largest absolute Gasteiger partial charge is 0.508 e. The lowest BCUT2D eigenvalue weighted by molar-refractivity contribution is -0.393. The summed E-state index contributed by atoms with van der Waals surface area (Å²) in [6.45, 7) is 0. The van der Waals surface area contributed by atoms with Crippen LogP contribution in [0.1, 0.15) is 17.2 Å². The van der Waals surface area contributed by atoms with Gasteiger partial charge in [-0.2, -0.15) is 5.11 Å². The fraction of sp³-hybridized carbons (Fsp3) is 0.0526. The van der Waals surface area contributed by atoms with E-state index in [2.05, 4.69) is 10.2 Å². The number of nitrogens with zero attached hydrogens (tertiary/aromatic N) is 4. The molecule has 140 valence electrons. The average molecular weight is 378 g/mol. The van der Waals surface area contributed by atoms with Crippen LogP contribution in [0.4, 0.5) is 17.1 Å². The minimum absolute atomic E-state index is 0.0877. The van der Waals surface area contributed by atoms with Crippen LogP contribution >= 0.6 is 0 Å². The van der Waals surface area contributed by atoms with Gasteiger partial charge in [0.05, 0.1) is 15.9 Å². The zero-order chi connectivity index (χ0) is 20.1. The Labute approximate surface area is 158 Å². The van der Waals surface area contributed by atoms with E-state index in [0.29, 0.717) is 0 Å². The quantitative estimate of drug-likeness (QED) is 0.363. The Morgan fingerprint density at radius 3 is 2.07 bits per heavy atom. The predicted octanol–water partition coefficient (Wildman–Crippen LogP) is 5.08. The number of phenols is 1. The van der Waals surface area contributed by atoms with Crippen molar-refractivity contribution in [3.05, 3.63) is 104 Å². The van der Waals surface area contributed by atoms with Gasteiger partial charge in [-0.05, 0) is 29.3 Å². The summed E-state index contributed by atoms with van der Waals surface area (Å²) in [5, 5.41) is 39.9. The molecular weight excluding hydrogens is 364 g/mol. The van der Waals surface area contributed by atoms with E-state index in [0.717, 1.165) is 23.3 Å². The van der Waals surface area contributed by atoms with Crippen LogP contribution in [-0.4, -0.2) is 15.0 Å². The molecule has 1 N–H and O–H groups in total. The van der Waals surface area contributed by atoms with Gasteiger partial charge in [0.2, 0.25) is 0 Å². The molecular formula is C19H14N4O5. The van der Waals surface area contributed by atoms with Crippen molar-refractivity contribution in [3.63, 3.8) is 0 Å². The van der Waals surface area contributed by atoms with Crippen molar-refractivity contribution in [2.24, 2.45) is 10.2 Å². The lowest BCUT2D eigenvalue weighted by atomic mass is 9.99. The first-order valence-corrected chi connectivity index (χ1v) is 8.13. The van der Waals surface area contributed by atoms with E-state index < -0.39 is 27.3 Å². The molecule has 9 heteroatoms. The van der Waals surface area contributed by atoms with Gasteiger partial charge in [-0.15, -0.1) is 5.11 Å². The lowest BCUT2D eigenvalue weighted by Gasteiger charge is -2.12. The van der Waals surface area contributed by atoms with Gasteiger partial charge < -0.3 is 5.11 Å². The lowest BCUT2D eigenvalue weighted by Crippen LogP contribution is -1.97. The van der Waals surface area contributed by atoms with E-state index in [9.17, 15) is 25.3 Å². The second kappa shape index (κ2) is 8.04. The van der Waals surface area contributed by atoms with Crippen molar-refractivity contribution in [3.8, 4) is 5.75 Å². The molecule has 1 atom stereocenters. The number of benzene rings is 3. The summed E-state index contributed by atoms with van der Waals surface area (Å²) < 4.78 is 0. The van der Waals surface area contributed by atoms with Gasteiger partial charge in [-0.1, -0.05) is 42.5 Å². The van der Waals surface area contributed by atoms with Crippen LogP contribution in [0.25, 0.3) is 0 Å². The molecule has 0 heterocycles. The van der Waals surface area contributed by atoms with Crippen molar-refractivity contribution in [1.29, 1.82) is 0 Å². The zero-order valence-corrected chi connectivity index (χ0v) is 14.4. The molecule has 0 aliphatic heterocycles. The van der Waals surface area contributed by atoms with Gasteiger partial charge in [0.1, 0.15) is 11.8 Å². The number of non-ortho nitro benzene ring substituents is 1. The van der Waals surface area contributed by atoms with Gasteiger partial charge in [0.15, 0.2) is 5.69 Å². The van der Waals surface area contributed by atoms with E-state index in [1.165, 1.54) is 18.2 Å². The zero-order valence-electron chi connectivity index (χ0n) is 14.4. The minimum atomic E-state index is -0.737. The Bertz CT molecular complexity index is 1040. The minimum Gasteiger partial charge on any atom is -0.508 e. The Hall–Kier alpha value is -4.14. The fourth-order valence-electron chi connectivity index (χ4n) is 2.59. The number of nitro benzene ring substituents is 2. The van der Waals surface area contributed by atoms with Crippen molar-refractivity contribution < 1.29 is 15.0 Å².